The number of para-hydroxylation sites is 1. The van der Waals surface area contributed by atoms with E-state index in [9.17, 15) is 22.8 Å². The second-order valence-corrected chi connectivity index (χ2v) is 9.16. The van der Waals surface area contributed by atoms with Crippen LogP contribution in [-0.2, 0) is 23.3 Å². The largest absolute Gasteiger partial charge is 0.357 e. The Labute approximate surface area is 199 Å². The van der Waals surface area contributed by atoms with E-state index in [1.807, 2.05) is 30.3 Å². The van der Waals surface area contributed by atoms with Crippen LogP contribution in [0.1, 0.15) is 41.0 Å². The lowest BCUT2D eigenvalue weighted by Crippen LogP contribution is -2.36. The molecule has 2 heterocycles. The summed E-state index contributed by atoms with van der Waals surface area (Å²) in [5.41, 5.74) is 1.75. The number of benzene rings is 3. The molecule has 4 aromatic rings. The smallest absolute Gasteiger partial charge is 0.251 e. The summed E-state index contributed by atoms with van der Waals surface area (Å²) in [6, 6.07) is 15.7. The third kappa shape index (κ3) is 3.95. The van der Waals surface area contributed by atoms with Crippen molar-refractivity contribution in [2.45, 2.75) is 32.4 Å². The summed E-state index contributed by atoms with van der Waals surface area (Å²) in [5, 5.41) is 3.89. The second kappa shape index (κ2) is 8.30. The fraction of sp³-hybridized carbons (Fsp3) is 0.185. The molecule has 0 aliphatic carbocycles. The molecule has 5 nitrogen and oxygen atoms in total. The van der Waals surface area contributed by atoms with Crippen LogP contribution >= 0.6 is 0 Å². The summed E-state index contributed by atoms with van der Waals surface area (Å²) >= 11 is 0. The Bertz CT molecular complexity index is 1440. The lowest BCUT2D eigenvalue weighted by atomic mass is 9.86. The van der Waals surface area contributed by atoms with E-state index in [1.54, 1.807) is 32.0 Å². The third-order valence-electron chi connectivity index (χ3n) is 6.45. The SMILES string of the molecule is CC1(C)C(=O)N(Cc2c(F)cc(F)cc2F)c2cc(C(=O)NCc3cc4ccccc4[nH]3)ccc21. The van der Waals surface area contributed by atoms with Gasteiger partial charge in [0.2, 0.25) is 5.91 Å². The van der Waals surface area contributed by atoms with Gasteiger partial charge in [-0.2, -0.15) is 0 Å². The molecule has 1 aromatic heterocycles. The number of hydrogen-bond acceptors (Lipinski definition) is 2. The Hall–Kier alpha value is -4.07. The van der Waals surface area contributed by atoms with Gasteiger partial charge in [0.15, 0.2) is 0 Å². The minimum Gasteiger partial charge on any atom is -0.357 e. The quantitative estimate of drug-likeness (QED) is 0.408. The first-order valence-corrected chi connectivity index (χ1v) is 11.1. The van der Waals surface area contributed by atoms with Crippen LogP contribution in [0.25, 0.3) is 10.9 Å². The number of hydrogen-bond donors (Lipinski definition) is 2. The normalized spacial score (nSPS) is 14.4. The first kappa shape index (κ1) is 22.7. The molecule has 0 bridgehead atoms. The number of nitrogens with zero attached hydrogens (tertiary/aromatic N) is 1. The molecule has 0 saturated heterocycles. The topological polar surface area (TPSA) is 65.2 Å². The van der Waals surface area contributed by atoms with Gasteiger partial charge in [-0.1, -0.05) is 24.3 Å². The Morgan fingerprint density at radius 3 is 2.43 bits per heavy atom. The number of carbonyl (C=O) groups is 2. The van der Waals surface area contributed by atoms with E-state index in [0.717, 1.165) is 16.6 Å². The average molecular weight is 477 g/mol. The minimum absolute atomic E-state index is 0.269. The van der Waals surface area contributed by atoms with Gasteiger partial charge in [-0.25, -0.2) is 13.2 Å². The monoisotopic (exact) mass is 477 g/mol. The van der Waals surface area contributed by atoms with Gasteiger partial charge in [0, 0.05) is 40.2 Å². The molecule has 178 valence electrons. The highest BCUT2D eigenvalue weighted by molar-refractivity contribution is 6.09. The zero-order valence-electron chi connectivity index (χ0n) is 19.1. The molecule has 2 N–H and O–H groups in total. The van der Waals surface area contributed by atoms with E-state index in [0.29, 0.717) is 28.9 Å². The summed E-state index contributed by atoms with van der Waals surface area (Å²) in [6.07, 6.45) is 0. The Morgan fingerprint density at radius 1 is 1.00 bits per heavy atom. The molecule has 5 rings (SSSR count). The first-order valence-electron chi connectivity index (χ1n) is 11.1. The minimum atomic E-state index is -1.08. The highest BCUT2D eigenvalue weighted by Crippen LogP contribution is 2.43. The molecule has 2 amide bonds. The number of aromatic amines is 1. The third-order valence-corrected chi connectivity index (χ3v) is 6.45. The van der Waals surface area contributed by atoms with Crippen molar-refractivity contribution in [1.82, 2.24) is 10.3 Å². The van der Waals surface area contributed by atoms with Gasteiger partial charge < -0.3 is 15.2 Å². The van der Waals surface area contributed by atoms with E-state index in [4.69, 9.17) is 0 Å². The first-order chi connectivity index (χ1) is 16.6. The number of anilines is 1. The van der Waals surface area contributed by atoms with Gasteiger partial charge in [0.25, 0.3) is 5.91 Å². The van der Waals surface area contributed by atoms with Crippen LogP contribution in [0.5, 0.6) is 0 Å². The molecular formula is C27H22F3N3O2. The van der Waals surface area contributed by atoms with Crippen molar-refractivity contribution in [1.29, 1.82) is 0 Å². The fourth-order valence-corrected chi connectivity index (χ4v) is 4.53. The molecular weight excluding hydrogens is 455 g/mol. The number of H-pyrrole nitrogens is 1. The molecule has 0 radical (unpaired) electrons. The lowest BCUT2D eigenvalue weighted by molar-refractivity contribution is -0.122. The Morgan fingerprint density at radius 2 is 1.71 bits per heavy atom. The maximum Gasteiger partial charge on any atom is 0.251 e. The van der Waals surface area contributed by atoms with Crippen LogP contribution in [-0.4, -0.2) is 16.8 Å². The van der Waals surface area contributed by atoms with E-state index in [1.165, 1.54) is 4.90 Å². The predicted molar refractivity (Wildman–Crippen MR) is 126 cm³/mol. The van der Waals surface area contributed by atoms with E-state index in [-0.39, 0.29) is 18.4 Å². The summed E-state index contributed by atoms with van der Waals surface area (Å²) in [6.45, 7) is 3.26. The molecule has 0 atom stereocenters. The molecule has 8 heteroatoms. The standard InChI is InChI=1S/C27H22F3N3O2/c1-27(2)20-8-7-16(25(34)31-13-18-9-15-5-3-4-6-23(15)32-18)10-24(20)33(26(27)35)14-19-21(29)11-17(28)12-22(19)30/h3-12,32H,13-14H2,1-2H3,(H,31,34). The van der Waals surface area contributed by atoms with Crippen LogP contribution in [0.15, 0.2) is 60.7 Å². The Balaban J connectivity index is 1.42. The molecule has 0 saturated carbocycles. The average Bonchev–Trinajstić information content (AvgIpc) is 3.31. The number of amides is 2. The number of carbonyl (C=O) groups excluding carboxylic acids is 2. The van der Waals surface area contributed by atoms with Gasteiger partial charge in [-0.05, 0) is 49.1 Å². The number of rotatable bonds is 5. The zero-order chi connectivity index (χ0) is 24.9. The maximum absolute atomic E-state index is 14.3. The van der Waals surface area contributed by atoms with Crippen molar-refractivity contribution >= 4 is 28.4 Å². The zero-order valence-corrected chi connectivity index (χ0v) is 19.1. The number of halogens is 3. The molecule has 0 spiro atoms. The van der Waals surface area contributed by atoms with Gasteiger partial charge in [0.05, 0.1) is 18.5 Å². The van der Waals surface area contributed by atoms with E-state index in [2.05, 4.69) is 10.3 Å². The van der Waals surface area contributed by atoms with Crippen molar-refractivity contribution in [3.63, 3.8) is 0 Å². The highest BCUT2D eigenvalue weighted by Gasteiger charge is 2.44. The van der Waals surface area contributed by atoms with E-state index >= 15 is 0 Å². The summed E-state index contributed by atoms with van der Waals surface area (Å²) in [7, 11) is 0. The lowest BCUT2D eigenvalue weighted by Gasteiger charge is -2.21. The fourth-order valence-electron chi connectivity index (χ4n) is 4.53. The van der Waals surface area contributed by atoms with Crippen molar-refractivity contribution < 1.29 is 22.8 Å². The number of nitrogens with one attached hydrogen (secondary N) is 2. The van der Waals surface area contributed by atoms with Crippen LogP contribution in [0.4, 0.5) is 18.9 Å². The van der Waals surface area contributed by atoms with Crippen LogP contribution in [0, 0.1) is 17.5 Å². The van der Waals surface area contributed by atoms with E-state index < -0.39 is 35.0 Å². The van der Waals surface area contributed by atoms with Gasteiger partial charge in [-0.3, -0.25) is 9.59 Å². The van der Waals surface area contributed by atoms with Crippen molar-refractivity contribution in [2.24, 2.45) is 0 Å². The van der Waals surface area contributed by atoms with Crippen molar-refractivity contribution in [3.05, 3.63) is 100 Å². The molecule has 0 fully saturated rings. The number of fused-ring (bicyclic) bond motifs is 2. The Kier molecular flexibility index (Phi) is 5.39. The van der Waals surface area contributed by atoms with Crippen molar-refractivity contribution in [3.8, 4) is 0 Å². The summed E-state index contributed by atoms with van der Waals surface area (Å²) in [5.74, 6) is -3.91. The molecule has 35 heavy (non-hydrogen) atoms. The van der Waals surface area contributed by atoms with Crippen LogP contribution in [0.2, 0.25) is 0 Å². The van der Waals surface area contributed by atoms with Crippen molar-refractivity contribution in [2.75, 3.05) is 4.90 Å². The maximum atomic E-state index is 14.3. The molecule has 3 aromatic carbocycles. The summed E-state index contributed by atoms with van der Waals surface area (Å²) in [4.78, 5) is 30.5. The molecule has 1 aliphatic heterocycles. The predicted octanol–water partition coefficient (Wildman–Crippen LogP) is 5.34. The number of aromatic nitrogens is 1. The van der Waals surface area contributed by atoms with Crippen LogP contribution in [0.3, 0.4) is 0 Å². The van der Waals surface area contributed by atoms with Gasteiger partial charge >= 0.3 is 0 Å². The van der Waals surface area contributed by atoms with Gasteiger partial charge in [0.1, 0.15) is 17.5 Å². The van der Waals surface area contributed by atoms with Gasteiger partial charge in [-0.15, -0.1) is 0 Å². The van der Waals surface area contributed by atoms with Crippen LogP contribution < -0.4 is 10.2 Å². The summed E-state index contributed by atoms with van der Waals surface area (Å²) < 4.78 is 42.0. The molecule has 0 unspecified atom stereocenters. The second-order valence-electron chi connectivity index (χ2n) is 9.16. The highest BCUT2D eigenvalue weighted by atomic mass is 19.1. The molecule has 1 aliphatic rings.